The van der Waals surface area contributed by atoms with Crippen LogP contribution in [0.1, 0.15) is 12.6 Å². The number of rotatable bonds is 4. The summed E-state index contributed by atoms with van der Waals surface area (Å²) < 4.78 is 5.43. The fourth-order valence-corrected chi connectivity index (χ4v) is 2.40. The zero-order valence-corrected chi connectivity index (χ0v) is 13.1. The van der Waals surface area contributed by atoms with Gasteiger partial charge in [0.2, 0.25) is 5.91 Å². The Morgan fingerprint density at radius 3 is 3.05 bits per heavy atom. The van der Waals surface area contributed by atoms with Gasteiger partial charge in [-0.25, -0.2) is 4.98 Å². The highest BCUT2D eigenvalue weighted by atomic mass is 35.5. The normalized spacial score (nSPS) is 21.9. The lowest BCUT2D eigenvalue weighted by Crippen LogP contribution is -2.55. The number of morpholine rings is 1. The highest BCUT2D eigenvalue weighted by Gasteiger charge is 2.27. The number of halogens is 2. The molecule has 1 aromatic heterocycles. The summed E-state index contributed by atoms with van der Waals surface area (Å²) in [5.41, 5.74) is 2.83. The molecule has 0 radical (unpaired) electrons. The molecule has 5 nitrogen and oxygen atoms in total. The van der Waals surface area contributed by atoms with Gasteiger partial charge in [-0.05, 0) is 6.92 Å². The van der Waals surface area contributed by atoms with Gasteiger partial charge in [0.15, 0.2) is 0 Å². The molecule has 0 saturated carbocycles. The fraction of sp³-hybridized carbons (Fsp3) is 0.636. The summed E-state index contributed by atoms with van der Waals surface area (Å²) >= 11 is 1.57. The van der Waals surface area contributed by atoms with Gasteiger partial charge < -0.3 is 15.4 Å². The second kappa shape index (κ2) is 9.50. The van der Waals surface area contributed by atoms with Gasteiger partial charge in [-0.2, -0.15) is 0 Å². The predicted molar refractivity (Wildman–Crippen MR) is 80.5 cm³/mol. The van der Waals surface area contributed by atoms with Crippen LogP contribution < -0.4 is 10.6 Å². The fourth-order valence-electron chi connectivity index (χ4n) is 1.81. The minimum absolute atomic E-state index is 0. The van der Waals surface area contributed by atoms with E-state index in [1.807, 2.05) is 12.3 Å². The first-order chi connectivity index (χ1) is 8.27. The maximum Gasteiger partial charge on any atom is 0.239 e. The minimum Gasteiger partial charge on any atom is -0.375 e. The SMILES string of the molecule is C[C@H]1OCCN[C@@H]1C(=O)NCCc1cscn1.Cl.Cl. The van der Waals surface area contributed by atoms with E-state index in [4.69, 9.17) is 4.74 Å². The monoisotopic (exact) mass is 327 g/mol. The number of amides is 1. The quantitative estimate of drug-likeness (QED) is 0.866. The van der Waals surface area contributed by atoms with Gasteiger partial charge in [-0.3, -0.25) is 4.79 Å². The number of nitrogens with zero attached hydrogens (tertiary/aromatic N) is 1. The first kappa shape index (κ1) is 18.6. The number of nitrogens with one attached hydrogen (secondary N) is 2. The Morgan fingerprint density at radius 2 is 2.42 bits per heavy atom. The van der Waals surface area contributed by atoms with Crippen molar-refractivity contribution in [3.05, 3.63) is 16.6 Å². The van der Waals surface area contributed by atoms with Gasteiger partial charge >= 0.3 is 0 Å². The van der Waals surface area contributed by atoms with Crippen LogP contribution in [0.5, 0.6) is 0 Å². The van der Waals surface area contributed by atoms with E-state index in [-0.39, 0.29) is 42.9 Å². The van der Waals surface area contributed by atoms with Crippen LogP contribution in [-0.2, 0) is 16.0 Å². The van der Waals surface area contributed by atoms with Crippen molar-refractivity contribution in [2.75, 3.05) is 19.7 Å². The van der Waals surface area contributed by atoms with Gasteiger partial charge in [0.05, 0.1) is 23.9 Å². The zero-order valence-electron chi connectivity index (χ0n) is 10.6. The Kier molecular flexibility index (Phi) is 9.30. The molecule has 0 spiro atoms. The number of hydrogen-bond donors (Lipinski definition) is 2. The van der Waals surface area contributed by atoms with E-state index >= 15 is 0 Å². The van der Waals surface area contributed by atoms with E-state index in [0.717, 1.165) is 18.7 Å². The van der Waals surface area contributed by atoms with Crippen LogP contribution in [0, 0.1) is 0 Å². The van der Waals surface area contributed by atoms with Crippen LogP contribution in [0.15, 0.2) is 10.9 Å². The van der Waals surface area contributed by atoms with Crippen LogP contribution >= 0.6 is 36.2 Å². The van der Waals surface area contributed by atoms with E-state index in [1.165, 1.54) is 0 Å². The molecule has 8 heteroatoms. The van der Waals surface area contributed by atoms with E-state index in [2.05, 4.69) is 15.6 Å². The number of hydrogen-bond acceptors (Lipinski definition) is 5. The molecular formula is C11H19Cl2N3O2S. The highest BCUT2D eigenvalue weighted by Crippen LogP contribution is 2.04. The van der Waals surface area contributed by atoms with Gasteiger partial charge in [0.1, 0.15) is 6.04 Å². The number of ether oxygens (including phenoxy) is 1. The van der Waals surface area contributed by atoms with Crippen LogP contribution in [0.4, 0.5) is 0 Å². The van der Waals surface area contributed by atoms with Crippen molar-refractivity contribution in [3.8, 4) is 0 Å². The largest absolute Gasteiger partial charge is 0.375 e. The molecule has 19 heavy (non-hydrogen) atoms. The Hall–Kier alpha value is -0.400. The third-order valence-corrected chi connectivity index (χ3v) is 3.40. The lowest BCUT2D eigenvalue weighted by molar-refractivity contribution is -0.128. The first-order valence-electron chi connectivity index (χ1n) is 5.77. The van der Waals surface area contributed by atoms with Crippen molar-refractivity contribution >= 4 is 42.1 Å². The molecule has 2 heterocycles. The van der Waals surface area contributed by atoms with E-state index in [9.17, 15) is 4.79 Å². The number of carbonyl (C=O) groups is 1. The molecule has 1 fully saturated rings. The molecule has 1 aliphatic heterocycles. The molecule has 2 N–H and O–H groups in total. The molecule has 1 aromatic rings. The zero-order chi connectivity index (χ0) is 12.1. The Labute approximate surface area is 129 Å². The summed E-state index contributed by atoms with van der Waals surface area (Å²) in [4.78, 5) is 16.0. The average Bonchev–Trinajstić information content (AvgIpc) is 2.82. The summed E-state index contributed by atoms with van der Waals surface area (Å²) in [5, 5.41) is 8.06. The molecule has 1 saturated heterocycles. The van der Waals surface area contributed by atoms with Crippen LogP contribution in [0.3, 0.4) is 0 Å². The van der Waals surface area contributed by atoms with Gasteiger partial charge in [-0.15, -0.1) is 36.2 Å². The second-order valence-corrected chi connectivity index (χ2v) is 4.75. The van der Waals surface area contributed by atoms with Gasteiger partial charge in [0, 0.05) is 24.9 Å². The maximum absolute atomic E-state index is 11.9. The summed E-state index contributed by atoms with van der Waals surface area (Å²) in [6.07, 6.45) is 0.708. The minimum atomic E-state index is -0.237. The Bertz CT molecular complexity index is 365. The molecule has 110 valence electrons. The Morgan fingerprint density at radius 1 is 1.63 bits per heavy atom. The molecule has 2 atom stereocenters. The van der Waals surface area contributed by atoms with Gasteiger partial charge in [-0.1, -0.05) is 0 Å². The number of aromatic nitrogens is 1. The van der Waals surface area contributed by atoms with Crippen LogP contribution in [-0.4, -0.2) is 42.7 Å². The molecule has 1 amide bonds. The van der Waals surface area contributed by atoms with E-state index in [0.29, 0.717) is 13.2 Å². The van der Waals surface area contributed by atoms with Gasteiger partial charge in [0.25, 0.3) is 0 Å². The second-order valence-electron chi connectivity index (χ2n) is 4.03. The highest BCUT2D eigenvalue weighted by molar-refractivity contribution is 7.07. The molecule has 0 aromatic carbocycles. The topological polar surface area (TPSA) is 63.2 Å². The Balaban J connectivity index is 0.00000162. The van der Waals surface area contributed by atoms with Crippen molar-refractivity contribution in [2.45, 2.75) is 25.5 Å². The third kappa shape index (κ3) is 5.62. The summed E-state index contributed by atoms with van der Waals surface area (Å²) in [6, 6.07) is -0.237. The molecule has 1 aliphatic rings. The van der Waals surface area contributed by atoms with E-state index < -0.39 is 0 Å². The molecule has 0 aliphatic carbocycles. The average molecular weight is 328 g/mol. The molecule has 0 unspecified atom stereocenters. The lowest BCUT2D eigenvalue weighted by Gasteiger charge is -2.29. The predicted octanol–water partition coefficient (Wildman–Crippen LogP) is 1.02. The van der Waals surface area contributed by atoms with Crippen molar-refractivity contribution < 1.29 is 9.53 Å². The van der Waals surface area contributed by atoms with Crippen molar-refractivity contribution in [1.29, 1.82) is 0 Å². The number of thiazole rings is 1. The summed E-state index contributed by atoms with van der Waals surface area (Å²) in [7, 11) is 0. The lowest BCUT2D eigenvalue weighted by atomic mass is 10.1. The van der Waals surface area contributed by atoms with Crippen LogP contribution in [0.25, 0.3) is 0 Å². The standard InChI is InChI=1S/C11H17N3O2S.2ClH/c1-8-10(12-4-5-16-8)11(15)13-3-2-9-6-17-7-14-9;;/h6-8,10,12H,2-5H2,1H3,(H,13,15);2*1H/t8-,10+;;/m1../s1. The van der Waals surface area contributed by atoms with Crippen molar-refractivity contribution in [3.63, 3.8) is 0 Å². The maximum atomic E-state index is 11.9. The smallest absolute Gasteiger partial charge is 0.239 e. The molecule has 2 rings (SSSR count). The summed E-state index contributed by atoms with van der Waals surface area (Å²) in [6.45, 7) is 3.93. The molecule has 0 bridgehead atoms. The first-order valence-corrected chi connectivity index (χ1v) is 6.71. The van der Waals surface area contributed by atoms with E-state index in [1.54, 1.807) is 16.8 Å². The van der Waals surface area contributed by atoms with Crippen molar-refractivity contribution in [2.24, 2.45) is 0 Å². The van der Waals surface area contributed by atoms with Crippen LogP contribution in [0.2, 0.25) is 0 Å². The number of carbonyl (C=O) groups excluding carboxylic acids is 1. The third-order valence-electron chi connectivity index (χ3n) is 2.76. The summed E-state index contributed by atoms with van der Waals surface area (Å²) in [5.74, 6) is 0.00688. The molecular weight excluding hydrogens is 309 g/mol. The van der Waals surface area contributed by atoms with Crippen molar-refractivity contribution in [1.82, 2.24) is 15.6 Å².